The molecule has 3 aliphatic heterocycles. The number of rotatable bonds is 9. The fourth-order valence-electron chi connectivity index (χ4n) is 14.8. The number of likely N-dealkylation sites (tertiary alicyclic amines) is 2. The lowest BCUT2D eigenvalue weighted by Crippen LogP contribution is -2.47. The summed E-state index contributed by atoms with van der Waals surface area (Å²) in [5.41, 5.74) is 23.3. The first-order valence-corrected chi connectivity index (χ1v) is 48.7. The van der Waals surface area contributed by atoms with Crippen molar-refractivity contribution in [3.63, 3.8) is 0 Å². The molecule has 3 atom stereocenters. The summed E-state index contributed by atoms with van der Waals surface area (Å²) >= 11 is 39.6. The molecule has 3 fully saturated rings. The maximum atomic E-state index is 12.5. The van der Waals surface area contributed by atoms with Crippen LogP contribution in [0.25, 0.3) is 90.8 Å². The highest BCUT2D eigenvalue weighted by molar-refractivity contribution is 6.33. The van der Waals surface area contributed by atoms with E-state index in [1.54, 1.807) is 66.3 Å². The van der Waals surface area contributed by atoms with Crippen molar-refractivity contribution in [2.24, 2.45) is 5.73 Å². The van der Waals surface area contributed by atoms with Crippen LogP contribution in [-0.4, -0.2) is 217 Å². The number of ether oxygens (including phenoxy) is 2. The van der Waals surface area contributed by atoms with Crippen molar-refractivity contribution in [2.45, 2.75) is 158 Å². The summed E-state index contributed by atoms with van der Waals surface area (Å²) in [4.78, 5) is 112. The van der Waals surface area contributed by atoms with Gasteiger partial charge in [-0.2, -0.15) is 0 Å². The maximum absolute atomic E-state index is 12.5. The van der Waals surface area contributed by atoms with Gasteiger partial charge in [0.2, 0.25) is 0 Å². The Labute approximate surface area is 873 Å². The van der Waals surface area contributed by atoms with Gasteiger partial charge in [0.1, 0.15) is 106 Å². The summed E-state index contributed by atoms with van der Waals surface area (Å²) in [6, 6.07) is 35.9. The van der Waals surface area contributed by atoms with E-state index in [-0.39, 0.29) is 31.7 Å². The first-order chi connectivity index (χ1) is 69.2. The number of halogens is 7. The number of nitrogens with two attached hydrogens (primary N) is 1. The Balaban J connectivity index is 0.000000140. The van der Waals surface area contributed by atoms with Crippen LogP contribution in [0.5, 0.6) is 0 Å². The van der Waals surface area contributed by atoms with Crippen molar-refractivity contribution in [1.29, 1.82) is 0 Å². The largest absolute Gasteiger partial charge is 0.444 e. The monoisotopic (exact) mass is 2090 g/mol. The van der Waals surface area contributed by atoms with Crippen molar-refractivity contribution in [3.8, 4) is 56.9 Å². The molecule has 3 aliphatic rings. The number of aromatic nitrogens is 26. The number of aryl methyl sites for hydroxylation is 6. The molecule has 0 aromatic carbocycles. The molecule has 19 aromatic rings. The lowest BCUT2D eigenvalue weighted by molar-refractivity contribution is 0.0193. The minimum Gasteiger partial charge on any atom is -0.444 e. The van der Waals surface area contributed by atoms with E-state index in [4.69, 9.17) is 106 Å². The van der Waals surface area contributed by atoms with Crippen molar-refractivity contribution in [2.75, 3.05) is 49.9 Å². The van der Waals surface area contributed by atoms with Gasteiger partial charge in [0.05, 0.1) is 143 Å². The minimum atomic E-state index is -0.498. The summed E-state index contributed by atoms with van der Waals surface area (Å²) in [5.74, 6) is 1.59. The summed E-state index contributed by atoms with van der Waals surface area (Å²) < 4.78 is 22.7. The molecule has 5 N–H and O–H groups in total. The van der Waals surface area contributed by atoms with Gasteiger partial charge >= 0.3 is 12.2 Å². The SMILES string of the molecule is C.CC(C)(C)OC(=O)N1CCC[C@@H](N)C1.Cc1ncc(-c2cnc3ccccn23)nc1Cl.Cc1ncc(-c2cnc3ccccn23)nc1Cl.Cc1ncc(-c2cnc3ccccn23)nc1N[C@@H]1CCCN(C(=O)OC(C)(C)C)C1.Cc1ncc(-c2cnc3ccccn23)nc1N[C@@H]1CCCNC1.Cc1ncc(Cl)nc1-c1cnc2ccccn12.Cc1ncc(Cl)nc1Cl.Clc1cncc(Cl)n1.c1ccn2ccnc2c1. The number of anilines is 2. The zero-order chi connectivity index (χ0) is 102. The maximum Gasteiger partial charge on any atom is 0.410 e. The van der Waals surface area contributed by atoms with E-state index < -0.39 is 11.2 Å². The molecular weight excluding hydrogens is 1990 g/mol. The Kier molecular flexibility index (Phi) is 37.9. The number of amides is 2. The normalized spacial score (nSPS) is 14.3. The Morgan fingerprint density at radius 1 is 0.366 bits per heavy atom. The molecule has 22 heterocycles. The van der Waals surface area contributed by atoms with E-state index in [1.807, 2.05) is 274 Å². The number of imidazole rings is 6. The Morgan fingerprint density at radius 2 is 0.724 bits per heavy atom. The van der Waals surface area contributed by atoms with Crippen LogP contribution in [0, 0.1) is 41.5 Å². The molecule has 0 aliphatic carbocycles. The summed E-state index contributed by atoms with van der Waals surface area (Å²) in [5, 5.41) is 13.0. The van der Waals surface area contributed by atoms with Crippen LogP contribution >= 0.6 is 81.2 Å². The van der Waals surface area contributed by atoms with Crippen molar-refractivity contribution < 1.29 is 19.1 Å². The molecule has 145 heavy (non-hydrogen) atoms. The second kappa shape index (κ2) is 50.8. The van der Waals surface area contributed by atoms with Crippen LogP contribution in [0.15, 0.2) is 239 Å². The predicted molar refractivity (Wildman–Crippen MR) is 570 cm³/mol. The molecular formula is C102H111Cl7N32O4. The number of hydrogen-bond donors (Lipinski definition) is 4. The van der Waals surface area contributed by atoms with Gasteiger partial charge in [0.25, 0.3) is 0 Å². The smallest absolute Gasteiger partial charge is 0.410 e. The van der Waals surface area contributed by atoms with Gasteiger partial charge in [-0.15, -0.1) is 0 Å². The number of pyridine rings is 6. The fraction of sp³-hybridized carbons (Fsp3) is 0.294. The minimum absolute atomic E-state index is 0. The first kappa shape index (κ1) is 108. The number of nitrogens with zero attached hydrogens (tertiary/aromatic N) is 28. The molecule has 0 saturated carbocycles. The highest BCUT2D eigenvalue weighted by atomic mass is 35.5. The van der Waals surface area contributed by atoms with E-state index in [1.165, 1.54) is 25.0 Å². The van der Waals surface area contributed by atoms with Crippen LogP contribution in [0.4, 0.5) is 21.2 Å². The molecule has 752 valence electrons. The molecule has 0 radical (unpaired) electrons. The molecule has 36 nitrogen and oxygen atoms in total. The number of carbonyl (C=O) groups excluding carboxylic acids is 2. The van der Waals surface area contributed by atoms with Crippen LogP contribution in [0.3, 0.4) is 0 Å². The highest BCUT2D eigenvalue weighted by Gasteiger charge is 2.30. The molecule has 22 rings (SSSR count). The average molecular weight is 2100 g/mol. The van der Waals surface area contributed by atoms with Gasteiger partial charge in [-0.3, -0.25) is 56.9 Å². The van der Waals surface area contributed by atoms with Crippen LogP contribution in [0.1, 0.15) is 122 Å². The van der Waals surface area contributed by atoms with E-state index >= 15 is 0 Å². The lowest BCUT2D eigenvalue weighted by atomic mass is 10.1. The Bertz CT molecular complexity index is 7380. The third-order valence-corrected chi connectivity index (χ3v) is 23.7. The number of nitrogens with one attached hydrogen (secondary N) is 3. The van der Waals surface area contributed by atoms with Gasteiger partial charge in [0, 0.05) is 100 Å². The number of fused-ring (bicyclic) bond motifs is 6. The Hall–Kier alpha value is -14.2. The van der Waals surface area contributed by atoms with Crippen LogP contribution in [0.2, 0.25) is 36.1 Å². The summed E-state index contributed by atoms with van der Waals surface area (Å²) in [7, 11) is 0. The summed E-state index contributed by atoms with van der Waals surface area (Å²) in [6.45, 7) is 27.3. The molecule has 2 amide bonds. The third-order valence-electron chi connectivity index (χ3n) is 21.9. The van der Waals surface area contributed by atoms with Crippen molar-refractivity contribution in [1.82, 2.24) is 141 Å². The number of hydrogen-bond acceptors (Lipinski definition) is 28. The van der Waals surface area contributed by atoms with Gasteiger partial charge in [0.15, 0.2) is 15.5 Å². The number of piperidine rings is 3. The van der Waals surface area contributed by atoms with Crippen LogP contribution < -0.4 is 21.7 Å². The topological polar surface area (TPSA) is 405 Å². The highest BCUT2D eigenvalue weighted by Crippen LogP contribution is 2.30. The van der Waals surface area contributed by atoms with E-state index in [0.717, 1.165) is 183 Å². The molecule has 19 aromatic heterocycles. The second-order valence-corrected chi connectivity index (χ2v) is 37.8. The third kappa shape index (κ3) is 30.2. The van der Waals surface area contributed by atoms with Gasteiger partial charge in [-0.25, -0.2) is 74.4 Å². The molecule has 3 saturated heterocycles. The zero-order valence-corrected chi connectivity index (χ0v) is 86.4. The zero-order valence-electron chi connectivity index (χ0n) is 81.1. The molecule has 0 unspecified atom stereocenters. The fourth-order valence-corrected chi connectivity index (χ4v) is 15.9. The molecule has 0 bridgehead atoms. The average Bonchev–Trinajstić information content (AvgIpc) is 1.68. The second-order valence-electron chi connectivity index (χ2n) is 35.2. The predicted octanol–water partition coefficient (Wildman–Crippen LogP) is 21.6. The molecule has 0 spiro atoms. The standard InChI is InChI=1S/C22H28N6O2.C17H20N6.3C12H9ClN4.C10H20N2O2.C7H6N2.C5H4Cl2N2.C4H2Cl2N2.CH4/c1-15-20(25-16-8-7-10-27(14-16)21(29)30-22(2,3)4)26-17(12-23-15)18-13-24-19-9-5-6-11-28(18)19;1-12-17(21-13-5-4-7-18-9-13)22-14(10-19-12)15-11-20-16-6-2-3-8-23(15)16;1-8-12(16-10(13)7-14-8)9-6-15-11-4-2-3-5-17(9)11;2*1-8-12(13)16-9(6-14-8)10-7-15-11-4-2-3-5-17(10)11;1-10(2,3)14-9(13)12-6-4-5-8(11)7-12;1-2-5-9-6-4-8-7(9)3-1;1-3-5(7)9-4(6)2-8-3;5-3-1-7-2-4(6)8-3;/h5-6,9,11-13,16H,7-8,10,14H2,1-4H3,(H,25,26);2-3,6,8,10-11,13,18H,4-5,7,9H2,1H3,(H,21,22);3*2-7H,1H3;8H,4-7,11H2,1-3H3;1-6H;2H,1H3;1-2H;1H4/t16-;13-;;;;8-;;;;/m11...1..../s1. The quantitative estimate of drug-likeness (QED) is 0.104. The van der Waals surface area contributed by atoms with E-state index in [0.29, 0.717) is 67.4 Å². The lowest BCUT2D eigenvalue weighted by Gasteiger charge is -2.34. The summed E-state index contributed by atoms with van der Waals surface area (Å²) in [6.07, 6.45) is 43.0. The van der Waals surface area contributed by atoms with E-state index in [2.05, 4.69) is 106 Å². The van der Waals surface area contributed by atoms with Gasteiger partial charge in [-0.05, 0) is 201 Å². The van der Waals surface area contributed by atoms with E-state index in [9.17, 15) is 9.59 Å². The van der Waals surface area contributed by atoms with Crippen molar-refractivity contribution >= 4 is 139 Å². The molecule has 43 heteroatoms. The van der Waals surface area contributed by atoms with Crippen LogP contribution in [-0.2, 0) is 9.47 Å². The Morgan fingerprint density at radius 3 is 1.12 bits per heavy atom. The van der Waals surface area contributed by atoms with Crippen molar-refractivity contribution in [3.05, 3.63) is 310 Å². The van der Waals surface area contributed by atoms with Gasteiger partial charge in [-0.1, -0.05) is 125 Å². The van der Waals surface area contributed by atoms with Gasteiger partial charge < -0.3 is 45.4 Å². The first-order valence-electron chi connectivity index (χ1n) is 46.1. The number of carbonyl (C=O) groups is 2.